The quantitative estimate of drug-likeness (QED) is 0.0708. The number of benzene rings is 4. The maximum atomic E-state index is 9.60. The number of nitrogen functional groups attached to an aromatic ring is 1. The topological polar surface area (TPSA) is 186 Å². The number of anilines is 7. The lowest BCUT2D eigenvalue weighted by Gasteiger charge is -2.26. The Bertz CT molecular complexity index is 3040. The minimum Gasteiger partial charge on any atom is -0.399 e. The van der Waals surface area contributed by atoms with Crippen molar-refractivity contribution in [1.29, 1.82) is 10.5 Å². The van der Waals surface area contributed by atoms with E-state index >= 15 is 0 Å². The number of rotatable bonds is 11. The molecule has 10 rings (SSSR count). The molecule has 2 saturated heterocycles. The van der Waals surface area contributed by atoms with Crippen molar-refractivity contribution in [2.45, 2.75) is 17.4 Å². The summed E-state index contributed by atoms with van der Waals surface area (Å²) in [6.07, 6.45) is 5.05. The van der Waals surface area contributed by atoms with Gasteiger partial charge in [-0.05, 0) is 78.0 Å². The monoisotopic (exact) mass is 1000 g/mol. The number of nitriles is 2. The lowest BCUT2D eigenvalue weighted by Crippen LogP contribution is -2.35. The Balaban J connectivity index is 0.000000152. The number of morpholine rings is 2. The van der Waals surface area contributed by atoms with Crippen LogP contribution in [0.4, 0.5) is 39.3 Å². The number of halogens is 2. The zero-order valence-corrected chi connectivity index (χ0v) is 40.9. The number of hydrogen-bond acceptors (Lipinski definition) is 17. The molecule has 2 fully saturated rings. The van der Waals surface area contributed by atoms with E-state index in [4.69, 9.17) is 38.4 Å². The van der Waals surface area contributed by atoms with Crippen molar-refractivity contribution in [1.82, 2.24) is 29.7 Å². The molecule has 8 aromatic rings. The van der Waals surface area contributed by atoms with Crippen LogP contribution in [-0.4, -0.2) is 88.6 Å². The van der Waals surface area contributed by atoms with Crippen LogP contribution in [0.15, 0.2) is 114 Å². The molecule has 0 amide bonds. The molecule has 6 heterocycles. The number of aromatic nitrogens is 4. The molecule has 68 heavy (non-hydrogen) atoms. The van der Waals surface area contributed by atoms with E-state index in [-0.39, 0.29) is 0 Å². The molecule has 0 atom stereocenters. The highest BCUT2D eigenvalue weighted by atomic mass is 35.5. The number of ether oxygens (including phenoxy) is 2. The Morgan fingerprint density at radius 3 is 1.62 bits per heavy atom. The van der Waals surface area contributed by atoms with Gasteiger partial charge in [0.2, 0.25) is 0 Å². The zero-order chi connectivity index (χ0) is 47.2. The third-order valence-electron chi connectivity index (χ3n) is 10.6. The second-order valence-corrected chi connectivity index (χ2v) is 19.4. The van der Waals surface area contributed by atoms with Gasteiger partial charge in [0.05, 0.1) is 53.6 Å². The van der Waals surface area contributed by atoms with E-state index in [1.54, 1.807) is 36.3 Å². The number of pyridine rings is 2. The minimum atomic E-state index is 0.449. The largest absolute Gasteiger partial charge is 0.399 e. The lowest BCUT2D eigenvalue weighted by molar-refractivity contribution is 0.0341. The van der Waals surface area contributed by atoms with Crippen LogP contribution in [0.3, 0.4) is 0 Å². The summed E-state index contributed by atoms with van der Waals surface area (Å²) < 4.78 is 13.3. The smallest absolute Gasteiger partial charge is 0.189 e. The Kier molecular flexibility index (Phi) is 16.9. The van der Waals surface area contributed by atoms with Crippen LogP contribution in [0, 0.1) is 22.7 Å². The summed E-state index contributed by atoms with van der Waals surface area (Å²) >= 11 is 16.6. The normalized spacial score (nSPS) is 13.9. The van der Waals surface area contributed by atoms with Crippen molar-refractivity contribution in [3.63, 3.8) is 0 Å². The lowest BCUT2D eigenvalue weighted by atomic mass is 10.2. The van der Waals surface area contributed by atoms with E-state index in [2.05, 4.69) is 94.2 Å². The first-order valence-corrected chi connectivity index (χ1v) is 25.1. The van der Waals surface area contributed by atoms with Crippen LogP contribution in [0.1, 0.15) is 22.3 Å². The molecule has 0 saturated carbocycles. The van der Waals surface area contributed by atoms with Gasteiger partial charge in [0, 0.05) is 84.5 Å². The number of fused-ring (bicyclic) bond motifs is 2. The van der Waals surface area contributed by atoms with Gasteiger partial charge in [0.15, 0.2) is 20.8 Å². The van der Waals surface area contributed by atoms with E-state index in [1.165, 1.54) is 33.8 Å². The van der Waals surface area contributed by atoms with Crippen molar-refractivity contribution in [2.24, 2.45) is 0 Å². The van der Waals surface area contributed by atoms with Crippen LogP contribution in [0.25, 0.3) is 20.7 Å². The van der Waals surface area contributed by atoms with Crippen molar-refractivity contribution in [3.8, 4) is 12.1 Å². The molecule has 19 heteroatoms. The molecule has 346 valence electrons. The third kappa shape index (κ3) is 13.1. The molecule has 5 N–H and O–H groups in total. The Hall–Kier alpha value is -6.09. The van der Waals surface area contributed by atoms with Crippen molar-refractivity contribution in [2.75, 3.05) is 80.5 Å². The van der Waals surface area contributed by atoms with Crippen molar-refractivity contribution >= 4 is 118 Å². The SMILES string of the molecule is CSc1nc2ncc(C#N)c(Nc3cccc(Cl)c3)c2s1.N#Cc1cnc2nc(Nc3ccc(CN4CCOCC4)cc3)sc2c1Nc1cccc(Cl)c1.Nc1ccc(CN2CCOCC2)cc1. The minimum absolute atomic E-state index is 0.449. The molecule has 14 nitrogen and oxygen atoms in total. The summed E-state index contributed by atoms with van der Waals surface area (Å²) in [5.41, 5.74) is 15.2. The standard InChI is InChI=1S/C24H21ClN6OS.C14H9ClN4S2.C11H16N2O/c25-18-2-1-3-20(12-18)28-21-17(13-26)14-27-23-22(21)33-24(30-23)29-19-6-4-16(5-7-19)15-31-8-10-32-11-9-31;1-20-14-19-13-12(21-14)11(8(6-16)7-17-13)18-10-4-2-3-9(15)5-10;12-11-3-1-10(2-4-11)9-13-5-7-14-8-6-13/h1-7,12,14H,8-11,15H2,(H2,27,28,29,30);2-5,7H,1H3,(H,17,18);1-4H,5-9,12H2. The van der Waals surface area contributed by atoms with Crippen LogP contribution >= 0.6 is 57.6 Å². The first-order valence-electron chi connectivity index (χ1n) is 21.5. The number of thiazole rings is 2. The van der Waals surface area contributed by atoms with Crippen LogP contribution in [-0.2, 0) is 22.6 Å². The first kappa shape index (κ1) is 48.4. The van der Waals surface area contributed by atoms with Crippen molar-refractivity contribution in [3.05, 3.63) is 142 Å². The highest BCUT2D eigenvalue weighted by Crippen LogP contribution is 2.38. The predicted molar refractivity (Wildman–Crippen MR) is 278 cm³/mol. The van der Waals surface area contributed by atoms with E-state index in [1.807, 2.05) is 54.8 Å². The summed E-state index contributed by atoms with van der Waals surface area (Å²) in [7, 11) is 0. The summed E-state index contributed by atoms with van der Waals surface area (Å²) in [4.78, 5) is 22.4. The summed E-state index contributed by atoms with van der Waals surface area (Å²) in [6, 6.07) is 35.6. The molecule has 0 bridgehead atoms. The molecular weight excluding hydrogens is 956 g/mol. The molecule has 2 aliphatic rings. The summed E-state index contributed by atoms with van der Waals surface area (Å²) in [5, 5.41) is 30.8. The Labute approximate surface area is 416 Å². The van der Waals surface area contributed by atoms with Gasteiger partial charge in [-0.15, -0.1) is 11.3 Å². The Morgan fingerprint density at radius 2 is 1.13 bits per heavy atom. The van der Waals surface area contributed by atoms with Crippen molar-refractivity contribution < 1.29 is 9.47 Å². The van der Waals surface area contributed by atoms with Crippen LogP contribution in [0.5, 0.6) is 0 Å². The van der Waals surface area contributed by atoms with E-state index in [9.17, 15) is 10.5 Å². The highest BCUT2D eigenvalue weighted by Gasteiger charge is 2.17. The molecular formula is C49H46Cl2N12O2S3. The predicted octanol–water partition coefficient (Wildman–Crippen LogP) is 11.3. The average molecular weight is 1000 g/mol. The number of nitrogens with one attached hydrogen (secondary N) is 3. The zero-order valence-electron chi connectivity index (χ0n) is 36.9. The summed E-state index contributed by atoms with van der Waals surface area (Å²) in [5.74, 6) is 0. The van der Waals surface area contributed by atoms with Gasteiger partial charge in [0.1, 0.15) is 16.8 Å². The van der Waals surface area contributed by atoms with E-state index < -0.39 is 0 Å². The molecule has 0 aliphatic carbocycles. The van der Waals surface area contributed by atoms with Gasteiger partial charge in [-0.2, -0.15) is 15.5 Å². The van der Waals surface area contributed by atoms with Crippen LogP contribution < -0.4 is 21.7 Å². The highest BCUT2D eigenvalue weighted by molar-refractivity contribution is 8.00. The molecule has 0 radical (unpaired) electrons. The number of nitrogens with two attached hydrogens (primary N) is 1. The second-order valence-electron chi connectivity index (χ2n) is 15.4. The van der Waals surface area contributed by atoms with Gasteiger partial charge >= 0.3 is 0 Å². The maximum Gasteiger partial charge on any atom is 0.189 e. The van der Waals surface area contributed by atoms with E-state index in [0.29, 0.717) is 43.3 Å². The molecule has 2 aliphatic heterocycles. The van der Waals surface area contributed by atoms with E-state index in [0.717, 1.165) is 108 Å². The van der Waals surface area contributed by atoms with Gasteiger partial charge in [-0.25, -0.2) is 15.0 Å². The maximum absolute atomic E-state index is 9.60. The Morgan fingerprint density at radius 1 is 0.647 bits per heavy atom. The molecule has 0 unspecified atom stereocenters. The van der Waals surface area contributed by atoms with Gasteiger partial charge in [-0.3, -0.25) is 9.80 Å². The molecule has 4 aromatic carbocycles. The average Bonchev–Trinajstić information content (AvgIpc) is 3.99. The first-order chi connectivity index (χ1) is 33.2. The fraction of sp³-hybridized carbons (Fsp3) is 0.224. The number of thioether (sulfide) groups is 1. The van der Waals surface area contributed by atoms with Crippen LogP contribution in [0.2, 0.25) is 10.0 Å². The van der Waals surface area contributed by atoms with Gasteiger partial charge < -0.3 is 31.2 Å². The molecule has 0 spiro atoms. The summed E-state index contributed by atoms with van der Waals surface area (Å²) in [6.45, 7) is 9.23. The molecule has 4 aromatic heterocycles. The number of nitrogens with zero attached hydrogens (tertiary/aromatic N) is 8. The third-order valence-corrected chi connectivity index (χ3v) is 14.1. The van der Waals surface area contributed by atoms with Gasteiger partial charge in [0.25, 0.3) is 0 Å². The number of hydrogen-bond donors (Lipinski definition) is 4. The second kappa shape index (κ2) is 23.8. The van der Waals surface area contributed by atoms with Gasteiger partial charge in [-0.1, -0.05) is 82.7 Å². The fourth-order valence-corrected chi connectivity index (χ4v) is 10.0. The fourth-order valence-electron chi connectivity index (χ4n) is 7.19.